The van der Waals surface area contributed by atoms with Gasteiger partial charge in [-0.15, -0.1) is 0 Å². The summed E-state index contributed by atoms with van der Waals surface area (Å²) in [6.45, 7) is 6.11. The van der Waals surface area contributed by atoms with Gasteiger partial charge in [0.05, 0.1) is 25.4 Å². The van der Waals surface area contributed by atoms with E-state index in [0.717, 1.165) is 32.6 Å². The number of aliphatic hydroxyl groups excluding tert-OH is 1. The Labute approximate surface area is 110 Å². The van der Waals surface area contributed by atoms with Crippen molar-refractivity contribution in [2.24, 2.45) is 5.92 Å². The van der Waals surface area contributed by atoms with E-state index < -0.39 is 6.10 Å². The molecule has 0 aromatic heterocycles. The van der Waals surface area contributed by atoms with Gasteiger partial charge in [-0.05, 0) is 32.2 Å². The number of ether oxygens (including phenoxy) is 3. The molecule has 5 heteroatoms. The van der Waals surface area contributed by atoms with Gasteiger partial charge in [0.1, 0.15) is 0 Å². The van der Waals surface area contributed by atoms with E-state index in [4.69, 9.17) is 14.2 Å². The van der Waals surface area contributed by atoms with E-state index in [9.17, 15) is 5.11 Å². The van der Waals surface area contributed by atoms with E-state index in [-0.39, 0.29) is 6.10 Å². The van der Waals surface area contributed by atoms with Gasteiger partial charge in [-0.1, -0.05) is 0 Å². The minimum atomic E-state index is -0.454. The van der Waals surface area contributed by atoms with Crippen LogP contribution in [0.2, 0.25) is 0 Å². The molecule has 2 N–H and O–H groups in total. The molecular formula is C13H27NO4. The third kappa shape index (κ3) is 7.28. The predicted molar refractivity (Wildman–Crippen MR) is 69.7 cm³/mol. The van der Waals surface area contributed by atoms with Crippen LogP contribution in [0.3, 0.4) is 0 Å². The van der Waals surface area contributed by atoms with Gasteiger partial charge in [0, 0.05) is 26.9 Å². The maximum absolute atomic E-state index is 9.74. The number of methoxy groups -OCH3 is 1. The largest absolute Gasteiger partial charge is 0.389 e. The first-order chi connectivity index (χ1) is 8.72. The number of hydrogen-bond donors (Lipinski definition) is 2. The van der Waals surface area contributed by atoms with Crippen LogP contribution in [0.4, 0.5) is 0 Å². The molecule has 5 nitrogen and oxygen atoms in total. The summed E-state index contributed by atoms with van der Waals surface area (Å²) >= 11 is 0. The van der Waals surface area contributed by atoms with Crippen molar-refractivity contribution in [3.63, 3.8) is 0 Å². The van der Waals surface area contributed by atoms with Gasteiger partial charge < -0.3 is 24.6 Å². The molecule has 2 atom stereocenters. The van der Waals surface area contributed by atoms with Crippen LogP contribution in [0, 0.1) is 5.92 Å². The zero-order valence-corrected chi connectivity index (χ0v) is 11.6. The molecule has 1 heterocycles. The fourth-order valence-corrected chi connectivity index (χ4v) is 2.02. The summed E-state index contributed by atoms with van der Waals surface area (Å²) < 4.78 is 15.7. The lowest BCUT2D eigenvalue weighted by atomic mass is 10.0. The smallest absolute Gasteiger partial charge is 0.0897 e. The lowest BCUT2D eigenvalue weighted by molar-refractivity contribution is -0.0314. The lowest BCUT2D eigenvalue weighted by Gasteiger charge is -2.23. The van der Waals surface area contributed by atoms with E-state index in [1.54, 1.807) is 7.11 Å². The Morgan fingerprint density at radius 1 is 1.33 bits per heavy atom. The van der Waals surface area contributed by atoms with Crippen LogP contribution in [0.25, 0.3) is 0 Å². The Hall–Kier alpha value is -0.200. The fraction of sp³-hybridized carbons (Fsp3) is 1.00. The quantitative estimate of drug-likeness (QED) is 0.630. The van der Waals surface area contributed by atoms with E-state index in [2.05, 4.69) is 5.32 Å². The standard InChI is InChI=1S/C13H27NO4/c1-11(9-16-2)18-10-13(15)8-14-7-12-3-5-17-6-4-12/h11-15H,3-10H2,1-2H3. The highest BCUT2D eigenvalue weighted by Crippen LogP contribution is 2.12. The van der Waals surface area contributed by atoms with Crippen LogP contribution < -0.4 is 5.32 Å². The zero-order valence-electron chi connectivity index (χ0n) is 11.6. The number of hydrogen-bond acceptors (Lipinski definition) is 5. The molecule has 1 rings (SSSR count). The SMILES string of the molecule is COCC(C)OCC(O)CNCC1CCOCC1. The van der Waals surface area contributed by atoms with Crippen molar-refractivity contribution in [3.05, 3.63) is 0 Å². The molecule has 0 bridgehead atoms. The van der Waals surface area contributed by atoms with Gasteiger partial charge in [-0.3, -0.25) is 0 Å². The molecule has 0 radical (unpaired) electrons. The molecule has 2 unspecified atom stereocenters. The van der Waals surface area contributed by atoms with Crippen molar-refractivity contribution in [2.45, 2.75) is 32.0 Å². The van der Waals surface area contributed by atoms with E-state index >= 15 is 0 Å². The minimum Gasteiger partial charge on any atom is -0.389 e. The molecule has 1 saturated heterocycles. The van der Waals surface area contributed by atoms with Crippen molar-refractivity contribution in [3.8, 4) is 0 Å². The van der Waals surface area contributed by atoms with Gasteiger partial charge in [-0.25, -0.2) is 0 Å². The molecule has 0 aromatic rings. The number of nitrogens with one attached hydrogen (secondary N) is 1. The Balaban J connectivity index is 1.97. The Bertz CT molecular complexity index is 197. The summed E-state index contributed by atoms with van der Waals surface area (Å²) in [4.78, 5) is 0. The van der Waals surface area contributed by atoms with Crippen molar-refractivity contribution in [1.82, 2.24) is 5.32 Å². The summed E-state index contributed by atoms with van der Waals surface area (Å²) in [5.41, 5.74) is 0. The van der Waals surface area contributed by atoms with Gasteiger partial charge in [0.25, 0.3) is 0 Å². The topological polar surface area (TPSA) is 60.0 Å². The first-order valence-corrected chi connectivity index (χ1v) is 6.79. The maximum Gasteiger partial charge on any atom is 0.0897 e. The molecule has 1 fully saturated rings. The molecule has 0 amide bonds. The predicted octanol–water partition coefficient (Wildman–Crippen LogP) is 0.415. The molecule has 0 aliphatic carbocycles. The van der Waals surface area contributed by atoms with Crippen molar-refractivity contribution in [2.75, 3.05) is 46.6 Å². The average Bonchev–Trinajstić information content (AvgIpc) is 2.38. The average molecular weight is 261 g/mol. The highest BCUT2D eigenvalue weighted by molar-refractivity contribution is 4.68. The monoisotopic (exact) mass is 261 g/mol. The van der Waals surface area contributed by atoms with Gasteiger partial charge in [0.2, 0.25) is 0 Å². The molecule has 18 heavy (non-hydrogen) atoms. The highest BCUT2D eigenvalue weighted by Gasteiger charge is 2.14. The van der Waals surface area contributed by atoms with Gasteiger partial charge in [0.15, 0.2) is 0 Å². The van der Waals surface area contributed by atoms with E-state index in [1.807, 2.05) is 6.92 Å². The molecule has 0 saturated carbocycles. The summed E-state index contributed by atoms with van der Waals surface area (Å²) in [5, 5.41) is 13.0. The maximum atomic E-state index is 9.74. The minimum absolute atomic E-state index is 0.0279. The summed E-state index contributed by atoms with van der Waals surface area (Å²) in [7, 11) is 1.64. The fourth-order valence-electron chi connectivity index (χ4n) is 2.02. The van der Waals surface area contributed by atoms with Crippen LogP contribution in [-0.2, 0) is 14.2 Å². The van der Waals surface area contributed by atoms with Gasteiger partial charge >= 0.3 is 0 Å². The molecule has 1 aliphatic heterocycles. The Kier molecular flexibility index (Phi) is 8.54. The van der Waals surface area contributed by atoms with Crippen molar-refractivity contribution < 1.29 is 19.3 Å². The second kappa shape index (κ2) is 9.69. The van der Waals surface area contributed by atoms with Gasteiger partial charge in [-0.2, -0.15) is 0 Å². The summed E-state index contributed by atoms with van der Waals surface area (Å²) in [5.74, 6) is 0.680. The van der Waals surface area contributed by atoms with E-state index in [1.165, 1.54) is 0 Å². The summed E-state index contributed by atoms with van der Waals surface area (Å²) in [6.07, 6.45) is 1.80. The summed E-state index contributed by atoms with van der Waals surface area (Å²) in [6, 6.07) is 0. The Morgan fingerprint density at radius 3 is 2.72 bits per heavy atom. The highest BCUT2D eigenvalue weighted by atomic mass is 16.5. The van der Waals surface area contributed by atoms with Crippen LogP contribution in [0.1, 0.15) is 19.8 Å². The van der Waals surface area contributed by atoms with Crippen molar-refractivity contribution >= 4 is 0 Å². The molecule has 0 aromatic carbocycles. The molecular weight excluding hydrogens is 234 g/mol. The van der Waals surface area contributed by atoms with Crippen LogP contribution in [0.5, 0.6) is 0 Å². The second-order valence-electron chi connectivity index (χ2n) is 4.97. The van der Waals surface area contributed by atoms with Crippen molar-refractivity contribution in [1.29, 1.82) is 0 Å². The number of rotatable bonds is 9. The number of aliphatic hydroxyl groups is 1. The van der Waals surface area contributed by atoms with E-state index in [0.29, 0.717) is 25.7 Å². The van der Waals surface area contributed by atoms with Crippen LogP contribution >= 0.6 is 0 Å². The second-order valence-corrected chi connectivity index (χ2v) is 4.97. The van der Waals surface area contributed by atoms with Crippen LogP contribution in [0.15, 0.2) is 0 Å². The first-order valence-electron chi connectivity index (χ1n) is 6.79. The first kappa shape index (κ1) is 15.9. The Morgan fingerprint density at radius 2 is 2.06 bits per heavy atom. The normalized spacial score (nSPS) is 20.8. The van der Waals surface area contributed by atoms with Crippen LogP contribution in [-0.4, -0.2) is 63.9 Å². The zero-order chi connectivity index (χ0) is 13.2. The third-order valence-corrected chi connectivity index (χ3v) is 3.13. The molecule has 0 spiro atoms. The lowest BCUT2D eigenvalue weighted by Crippen LogP contribution is -2.36. The molecule has 108 valence electrons. The molecule has 1 aliphatic rings. The third-order valence-electron chi connectivity index (χ3n) is 3.13.